The zero-order chi connectivity index (χ0) is 5.28. The monoisotopic (exact) mass is 103 g/mol. The van der Waals surface area contributed by atoms with E-state index in [4.69, 9.17) is 5.73 Å². The van der Waals surface area contributed by atoms with Gasteiger partial charge in [0.05, 0.1) is 6.67 Å². The molecule has 1 aliphatic rings. The van der Waals surface area contributed by atoms with Gasteiger partial charge >= 0.3 is 0 Å². The molecule has 42 valence electrons. The van der Waals surface area contributed by atoms with Gasteiger partial charge in [-0.3, -0.25) is 4.39 Å². The largest absolute Gasteiger partial charge is 0.327 e. The van der Waals surface area contributed by atoms with Crippen LogP contribution < -0.4 is 5.73 Å². The summed E-state index contributed by atoms with van der Waals surface area (Å²) >= 11 is 0. The van der Waals surface area contributed by atoms with Gasteiger partial charge in [0, 0.05) is 12.0 Å². The van der Waals surface area contributed by atoms with Crippen molar-refractivity contribution in [3.8, 4) is 0 Å². The minimum Gasteiger partial charge on any atom is -0.327 e. The molecule has 2 N–H and O–H groups in total. The second-order valence-electron chi connectivity index (χ2n) is 2.16. The van der Waals surface area contributed by atoms with Crippen molar-refractivity contribution in [1.82, 2.24) is 0 Å². The third-order valence-corrected chi connectivity index (χ3v) is 1.67. The molecule has 0 spiro atoms. The van der Waals surface area contributed by atoms with E-state index >= 15 is 0 Å². The molecule has 1 nitrogen and oxygen atoms in total. The van der Waals surface area contributed by atoms with Crippen molar-refractivity contribution in [3.05, 3.63) is 0 Å². The summed E-state index contributed by atoms with van der Waals surface area (Å²) in [6.45, 7) is -0.221. The molecule has 2 atom stereocenters. The van der Waals surface area contributed by atoms with Crippen molar-refractivity contribution < 1.29 is 4.39 Å². The van der Waals surface area contributed by atoms with Crippen molar-refractivity contribution in [3.63, 3.8) is 0 Å². The number of rotatable bonds is 1. The van der Waals surface area contributed by atoms with E-state index in [0.29, 0.717) is 0 Å². The van der Waals surface area contributed by atoms with Crippen molar-refractivity contribution in [2.75, 3.05) is 6.67 Å². The molecule has 0 bridgehead atoms. The summed E-state index contributed by atoms with van der Waals surface area (Å²) in [4.78, 5) is 0. The van der Waals surface area contributed by atoms with Crippen LogP contribution in [0.2, 0.25) is 0 Å². The normalized spacial score (nSPS) is 40.3. The summed E-state index contributed by atoms with van der Waals surface area (Å²) in [6.07, 6.45) is 2.02. The zero-order valence-corrected chi connectivity index (χ0v) is 4.23. The van der Waals surface area contributed by atoms with Gasteiger partial charge in [-0.15, -0.1) is 0 Å². The molecule has 0 aromatic heterocycles. The number of halogens is 1. The lowest BCUT2D eigenvalue weighted by Gasteiger charge is -2.30. The standard InChI is InChI=1S/C5H10FN/c6-3-4-1-2-5(4)7/h4-5H,1-3,7H2/t4-,5-/m0/s1. The van der Waals surface area contributed by atoms with Crippen LogP contribution in [0, 0.1) is 5.92 Å². The van der Waals surface area contributed by atoms with Gasteiger partial charge in [0.2, 0.25) is 0 Å². The molecule has 0 amide bonds. The molecule has 2 heteroatoms. The summed E-state index contributed by atoms with van der Waals surface area (Å²) in [7, 11) is 0. The first kappa shape index (κ1) is 5.04. The summed E-state index contributed by atoms with van der Waals surface area (Å²) in [5.74, 6) is 0.194. The summed E-state index contributed by atoms with van der Waals surface area (Å²) in [5, 5.41) is 0. The van der Waals surface area contributed by atoms with Crippen LogP contribution in [0.15, 0.2) is 0 Å². The highest BCUT2D eigenvalue weighted by Crippen LogP contribution is 2.25. The Bertz CT molecular complexity index is 63.1. The maximum absolute atomic E-state index is 11.6. The van der Waals surface area contributed by atoms with Crippen molar-refractivity contribution in [2.24, 2.45) is 11.7 Å². The van der Waals surface area contributed by atoms with Crippen LogP contribution in [0.1, 0.15) is 12.8 Å². The van der Waals surface area contributed by atoms with Crippen LogP contribution in [-0.4, -0.2) is 12.7 Å². The van der Waals surface area contributed by atoms with E-state index in [2.05, 4.69) is 0 Å². The fourth-order valence-electron chi connectivity index (χ4n) is 0.786. The molecule has 1 aliphatic carbocycles. The predicted octanol–water partition coefficient (Wildman–Crippen LogP) is 0.693. The van der Waals surface area contributed by atoms with Crippen LogP contribution in [-0.2, 0) is 0 Å². The molecule has 0 saturated heterocycles. The highest BCUT2D eigenvalue weighted by Gasteiger charge is 2.26. The van der Waals surface area contributed by atoms with Crippen molar-refractivity contribution in [2.45, 2.75) is 18.9 Å². The fourth-order valence-corrected chi connectivity index (χ4v) is 0.786. The molecule has 0 heterocycles. The molecule has 0 unspecified atom stereocenters. The third kappa shape index (κ3) is 0.752. The molecular formula is C5H10FN. The molecule has 0 aromatic rings. The molecule has 7 heavy (non-hydrogen) atoms. The molecule has 1 saturated carbocycles. The van der Waals surface area contributed by atoms with E-state index in [1.54, 1.807) is 0 Å². The Labute approximate surface area is 42.7 Å². The van der Waals surface area contributed by atoms with Gasteiger partial charge in [0.15, 0.2) is 0 Å². The van der Waals surface area contributed by atoms with E-state index in [-0.39, 0.29) is 18.6 Å². The minimum atomic E-state index is -0.221. The first-order valence-corrected chi connectivity index (χ1v) is 2.66. The Morgan fingerprint density at radius 3 is 2.29 bits per heavy atom. The Morgan fingerprint density at radius 1 is 1.57 bits per heavy atom. The molecule has 0 aliphatic heterocycles. The van der Waals surface area contributed by atoms with E-state index < -0.39 is 0 Å². The van der Waals surface area contributed by atoms with Gasteiger partial charge in [-0.2, -0.15) is 0 Å². The maximum atomic E-state index is 11.6. The summed E-state index contributed by atoms with van der Waals surface area (Å²) in [5.41, 5.74) is 5.39. The number of nitrogens with two attached hydrogens (primary N) is 1. The van der Waals surface area contributed by atoms with Gasteiger partial charge < -0.3 is 5.73 Å². The quantitative estimate of drug-likeness (QED) is 0.519. The Balaban J connectivity index is 2.16. The Hall–Kier alpha value is -0.110. The van der Waals surface area contributed by atoms with E-state index in [1.807, 2.05) is 0 Å². The highest BCUT2D eigenvalue weighted by atomic mass is 19.1. The van der Waals surface area contributed by atoms with Gasteiger partial charge in [0.1, 0.15) is 0 Å². The number of hydrogen-bond donors (Lipinski definition) is 1. The molecule has 1 rings (SSSR count). The minimum absolute atomic E-state index is 0.171. The first-order valence-electron chi connectivity index (χ1n) is 2.66. The topological polar surface area (TPSA) is 26.0 Å². The van der Waals surface area contributed by atoms with Gasteiger partial charge in [0.25, 0.3) is 0 Å². The second-order valence-corrected chi connectivity index (χ2v) is 2.16. The van der Waals surface area contributed by atoms with Crippen molar-refractivity contribution in [1.29, 1.82) is 0 Å². The Morgan fingerprint density at radius 2 is 2.29 bits per heavy atom. The van der Waals surface area contributed by atoms with Crippen LogP contribution in [0.4, 0.5) is 4.39 Å². The lowest BCUT2D eigenvalue weighted by molar-refractivity contribution is 0.202. The Kier molecular flexibility index (Phi) is 1.28. The van der Waals surface area contributed by atoms with Gasteiger partial charge in [-0.05, 0) is 12.8 Å². The SMILES string of the molecule is N[C@H]1CC[C@H]1CF. The third-order valence-electron chi connectivity index (χ3n) is 1.67. The highest BCUT2D eigenvalue weighted by molar-refractivity contribution is 4.82. The lowest BCUT2D eigenvalue weighted by atomic mass is 9.81. The average molecular weight is 103 g/mol. The lowest BCUT2D eigenvalue weighted by Crippen LogP contribution is -2.40. The summed E-state index contributed by atoms with van der Waals surface area (Å²) in [6, 6.07) is 0.171. The zero-order valence-electron chi connectivity index (χ0n) is 4.23. The van der Waals surface area contributed by atoms with Crippen LogP contribution in [0.5, 0.6) is 0 Å². The fraction of sp³-hybridized carbons (Fsp3) is 1.00. The van der Waals surface area contributed by atoms with Gasteiger partial charge in [-0.25, -0.2) is 0 Å². The molecule has 0 radical (unpaired) electrons. The summed E-state index contributed by atoms with van der Waals surface area (Å²) < 4.78 is 11.6. The van der Waals surface area contributed by atoms with E-state index in [0.717, 1.165) is 12.8 Å². The molecule has 0 aromatic carbocycles. The van der Waals surface area contributed by atoms with Crippen LogP contribution in [0.25, 0.3) is 0 Å². The maximum Gasteiger partial charge on any atom is 0.0937 e. The second kappa shape index (κ2) is 1.78. The van der Waals surface area contributed by atoms with E-state index in [1.165, 1.54) is 0 Å². The smallest absolute Gasteiger partial charge is 0.0937 e. The van der Waals surface area contributed by atoms with Crippen LogP contribution in [0.3, 0.4) is 0 Å². The van der Waals surface area contributed by atoms with Gasteiger partial charge in [-0.1, -0.05) is 0 Å². The number of alkyl halides is 1. The first-order chi connectivity index (χ1) is 3.34. The van der Waals surface area contributed by atoms with E-state index in [9.17, 15) is 4.39 Å². The molecular weight excluding hydrogens is 93.1 g/mol. The van der Waals surface area contributed by atoms with Crippen molar-refractivity contribution >= 4 is 0 Å². The predicted molar refractivity (Wildman–Crippen MR) is 26.7 cm³/mol. The average Bonchev–Trinajstić information content (AvgIpc) is 1.65. The number of hydrogen-bond acceptors (Lipinski definition) is 1. The van der Waals surface area contributed by atoms with Crippen LogP contribution >= 0.6 is 0 Å². The molecule has 1 fully saturated rings.